The van der Waals surface area contributed by atoms with Gasteiger partial charge >= 0.3 is 0 Å². The fraction of sp³-hybridized carbons (Fsp3) is 0.478. The van der Waals surface area contributed by atoms with Crippen molar-refractivity contribution in [1.29, 1.82) is 0 Å². The van der Waals surface area contributed by atoms with E-state index in [0.29, 0.717) is 24.9 Å². The predicted octanol–water partition coefficient (Wildman–Crippen LogP) is 3.17. The van der Waals surface area contributed by atoms with E-state index in [1.807, 2.05) is 19.1 Å². The molecule has 152 valence electrons. The van der Waals surface area contributed by atoms with Gasteiger partial charge in [0.15, 0.2) is 11.5 Å². The van der Waals surface area contributed by atoms with Gasteiger partial charge in [-0.3, -0.25) is 9.80 Å². The van der Waals surface area contributed by atoms with Crippen molar-refractivity contribution in [2.75, 3.05) is 32.8 Å². The van der Waals surface area contributed by atoms with Crippen molar-refractivity contribution >= 4 is 0 Å². The number of hydrogen-bond donors (Lipinski definition) is 2. The van der Waals surface area contributed by atoms with Gasteiger partial charge in [-0.1, -0.05) is 36.4 Å². The Bertz CT molecular complexity index is 765. The summed E-state index contributed by atoms with van der Waals surface area (Å²) in [5.41, 5.74) is 3.55. The smallest absolute Gasteiger partial charge is 0.162 e. The van der Waals surface area contributed by atoms with Crippen LogP contribution in [0.4, 0.5) is 0 Å². The first-order chi connectivity index (χ1) is 13.6. The van der Waals surface area contributed by atoms with Gasteiger partial charge in [0.1, 0.15) is 0 Å². The van der Waals surface area contributed by atoms with Gasteiger partial charge in [-0.15, -0.1) is 0 Å². The van der Waals surface area contributed by atoms with Crippen LogP contribution in [-0.2, 0) is 13.1 Å². The molecule has 1 saturated heterocycles. The second-order valence-electron chi connectivity index (χ2n) is 7.50. The van der Waals surface area contributed by atoms with Crippen molar-refractivity contribution in [2.24, 2.45) is 0 Å². The summed E-state index contributed by atoms with van der Waals surface area (Å²) >= 11 is 0. The van der Waals surface area contributed by atoms with Crippen molar-refractivity contribution in [2.45, 2.75) is 39.4 Å². The minimum atomic E-state index is 0.188. The lowest BCUT2D eigenvalue weighted by molar-refractivity contribution is 0.0495. The number of aliphatic hydroxyl groups excluding tert-OH is 1. The Balaban J connectivity index is 1.67. The highest BCUT2D eigenvalue weighted by Crippen LogP contribution is 2.31. The second-order valence-corrected chi connectivity index (χ2v) is 7.50. The number of aliphatic hydroxyl groups is 1. The lowest BCUT2D eigenvalue weighted by atomic mass is 10.0. The quantitative estimate of drug-likeness (QED) is 0.732. The third kappa shape index (κ3) is 5.04. The molecule has 1 atom stereocenters. The lowest BCUT2D eigenvalue weighted by Crippen LogP contribution is -2.52. The number of rotatable bonds is 8. The highest BCUT2D eigenvalue weighted by Gasteiger charge is 2.27. The van der Waals surface area contributed by atoms with Gasteiger partial charge in [0.2, 0.25) is 0 Å². The molecule has 0 radical (unpaired) electrons. The first-order valence-electron chi connectivity index (χ1n) is 10.2. The number of nitrogens with zero attached hydrogens (tertiary/aromatic N) is 2. The van der Waals surface area contributed by atoms with E-state index in [9.17, 15) is 10.2 Å². The summed E-state index contributed by atoms with van der Waals surface area (Å²) in [6.07, 6.45) is 0.757. The highest BCUT2D eigenvalue weighted by molar-refractivity contribution is 5.45. The van der Waals surface area contributed by atoms with Crippen LogP contribution in [0.1, 0.15) is 30.0 Å². The molecule has 3 rings (SSSR count). The van der Waals surface area contributed by atoms with E-state index in [1.165, 1.54) is 11.1 Å². The van der Waals surface area contributed by atoms with E-state index in [-0.39, 0.29) is 12.4 Å². The van der Waals surface area contributed by atoms with Crippen LogP contribution in [0.5, 0.6) is 11.5 Å². The number of ether oxygens (including phenoxy) is 1. The van der Waals surface area contributed by atoms with Crippen molar-refractivity contribution in [1.82, 2.24) is 9.80 Å². The lowest BCUT2D eigenvalue weighted by Gasteiger charge is -2.41. The zero-order valence-corrected chi connectivity index (χ0v) is 17.0. The fourth-order valence-electron chi connectivity index (χ4n) is 3.95. The molecule has 0 saturated carbocycles. The first-order valence-corrected chi connectivity index (χ1v) is 10.2. The Morgan fingerprint density at radius 2 is 1.82 bits per heavy atom. The maximum absolute atomic E-state index is 10.5. The zero-order chi connectivity index (χ0) is 19.9. The fourth-order valence-corrected chi connectivity index (χ4v) is 3.95. The molecule has 5 nitrogen and oxygen atoms in total. The van der Waals surface area contributed by atoms with Crippen molar-refractivity contribution in [3.05, 3.63) is 59.2 Å². The van der Waals surface area contributed by atoms with Crippen molar-refractivity contribution in [3.63, 3.8) is 0 Å². The van der Waals surface area contributed by atoms with Crippen LogP contribution in [0.3, 0.4) is 0 Å². The monoisotopic (exact) mass is 384 g/mol. The number of phenols is 1. The number of para-hydroxylation sites is 1. The first kappa shape index (κ1) is 20.6. The third-order valence-electron chi connectivity index (χ3n) is 5.56. The number of aromatic hydroxyl groups is 1. The van der Waals surface area contributed by atoms with Crippen LogP contribution in [0, 0.1) is 6.92 Å². The van der Waals surface area contributed by atoms with Crippen molar-refractivity contribution in [3.8, 4) is 11.5 Å². The normalized spacial score (nSPS) is 18.3. The predicted molar refractivity (Wildman–Crippen MR) is 112 cm³/mol. The average molecular weight is 385 g/mol. The minimum absolute atomic E-state index is 0.188. The van der Waals surface area contributed by atoms with Gasteiger partial charge in [0, 0.05) is 50.9 Å². The van der Waals surface area contributed by atoms with Gasteiger partial charge in [0.05, 0.1) is 6.61 Å². The molecular weight excluding hydrogens is 352 g/mol. The molecule has 28 heavy (non-hydrogen) atoms. The zero-order valence-electron chi connectivity index (χ0n) is 17.0. The summed E-state index contributed by atoms with van der Waals surface area (Å²) in [4.78, 5) is 4.84. The summed E-state index contributed by atoms with van der Waals surface area (Å²) < 4.78 is 5.51. The maximum Gasteiger partial charge on any atom is 0.162 e. The van der Waals surface area contributed by atoms with Gasteiger partial charge in [-0.05, 0) is 37.5 Å². The van der Waals surface area contributed by atoms with Crippen LogP contribution in [-0.4, -0.2) is 58.9 Å². The molecule has 2 aromatic rings. The summed E-state index contributed by atoms with van der Waals surface area (Å²) in [6, 6.07) is 14.5. The number of hydrogen-bond acceptors (Lipinski definition) is 5. The van der Waals surface area contributed by atoms with E-state index in [4.69, 9.17) is 4.74 Å². The van der Waals surface area contributed by atoms with Crippen LogP contribution in [0.2, 0.25) is 0 Å². The highest BCUT2D eigenvalue weighted by atomic mass is 16.5. The summed E-state index contributed by atoms with van der Waals surface area (Å²) in [7, 11) is 0. The van der Waals surface area contributed by atoms with E-state index in [1.54, 1.807) is 6.07 Å². The van der Waals surface area contributed by atoms with Crippen LogP contribution in [0.15, 0.2) is 42.5 Å². The average Bonchev–Trinajstić information content (AvgIpc) is 2.69. The molecule has 0 aromatic heterocycles. The van der Waals surface area contributed by atoms with Gasteiger partial charge in [-0.2, -0.15) is 0 Å². The van der Waals surface area contributed by atoms with E-state index in [2.05, 4.69) is 41.0 Å². The maximum atomic E-state index is 10.5. The topological polar surface area (TPSA) is 56.2 Å². The molecule has 2 N–H and O–H groups in total. The largest absolute Gasteiger partial charge is 0.504 e. The molecule has 0 aliphatic carbocycles. The summed E-state index contributed by atoms with van der Waals surface area (Å²) in [5, 5.41) is 20.1. The summed E-state index contributed by atoms with van der Waals surface area (Å²) in [5.74, 6) is 0.787. The second kappa shape index (κ2) is 9.92. The Kier molecular flexibility index (Phi) is 7.31. The van der Waals surface area contributed by atoms with Crippen molar-refractivity contribution < 1.29 is 14.9 Å². The number of piperazine rings is 1. The molecule has 0 spiro atoms. The standard InChI is InChI=1S/C23H32N2O3/c1-3-28-22-10-6-9-20(23(22)27)15-24-12-13-25(21(17-24)11-14-26)16-19-8-5-4-7-18(19)2/h4-10,21,26-27H,3,11-17H2,1-2H3/t21-/m1/s1. The molecule has 1 heterocycles. The molecule has 0 unspecified atom stereocenters. The van der Waals surface area contributed by atoms with Crippen LogP contribution >= 0.6 is 0 Å². The molecule has 2 aromatic carbocycles. The number of phenolic OH excluding ortho intramolecular Hbond substituents is 1. The Morgan fingerprint density at radius 1 is 1.04 bits per heavy atom. The van der Waals surface area contributed by atoms with Crippen LogP contribution < -0.4 is 4.74 Å². The van der Waals surface area contributed by atoms with E-state index in [0.717, 1.165) is 38.2 Å². The van der Waals surface area contributed by atoms with Gasteiger partial charge in [-0.25, -0.2) is 0 Å². The Morgan fingerprint density at radius 3 is 2.57 bits per heavy atom. The molecule has 1 aliphatic rings. The van der Waals surface area contributed by atoms with E-state index >= 15 is 0 Å². The van der Waals surface area contributed by atoms with Crippen LogP contribution in [0.25, 0.3) is 0 Å². The third-order valence-corrected chi connectivity index (χ3v) is 5.56. The Hall–Kier alpha value is -2.08. The Labute approximate surface area is 168 Å². The molecule has 1 aliphatic heterocycles. The minimum Gasteiger partial charge on any atom is -0.504 e. The van der Waals surface area contributed by atoms with E-state index < -0.39 is 0 Å². The SMILES string of the molecule is CCOc1cccc(CN2CCN(Cc3ccccc3C)[C@H](CCO)C2)c1O. The molecule has 0 amide bonds. The number of aryl methyl sites for hydroxylation is 1. The molecule has 0 bridgehead atoms. The molecule has 1 fully saturated rings. The molecular formula is C23H32N2O3. The van der Waals surface area contributed by atoms with Gasteiger partial charge < -0.3 is 14.9 Å². The number of benzene rings is 2. The molecule has 5 heteroatoms. The summed E-state index contributed by atoms with van der Waals surface area (Å²) in [6.45, 7) is 9.16. The van der Waals surface area contributed by atoms with Gasteiger partial charge in [0.25, 0.3) is 0 Å².